The van der Waals surface area contributed by atoms with Crippen LogP contribution in [0.15, 0.2) is 71.8 Å². The van der Waals surface area contributed by atoms with E-state index >= 15 is 0 Å². The maximum atomic E-state index is 12.6. The lowest BCUT2D eigenvalue weighted by atomic mass is 10.0. The Balaban J connectivity index is 2.11. The average molecular weight is 319 g/mol. The molecule has 5 heteroatoms. The van der Waals surface area contributed by atoms with Gasteiger partial charge >= 0.3 is 5.51 Å². The molecule has 3 aromatic rings. The fourth-order valence-corrected chi connectivity index (χ4v) is 2.87. The molecule has 1 nitrogen and oxygen atoms in total. The van der Waals surface area contributed by atoms with Gasteiger partial charge in [-0.25, -0.2) is 0 Å². The third kappa shape index (κ3) is 3.36. The molecule has 3 rings (SSSR count). The second-order valence-electron chi connectivity index (χ2n) is 4.70. The number of aromatic amines is 1. The van der Waals surface area contributed by atoms with Crippen molar-refractivity contribution in [3.63, 3.8) is 0 Å². The number of benzene rings is 2. The van der Waals surface area contributed by atoms with E-state index in [9.17, 15) is 13.2 Å². The van der Waals surface area contributed by atoms with E-state index in [0.29, 0.717) is 5.69 Å². The summed E-state index contributed by atoms with van der Waals surface area (Å²) in [5.41, 5.74) is -1.12. The largest absolute Gasteiger partial charge is 0.447 e. The molecule has 112 valence electrons. The Morgan fingerprint density at radius 3 is 1.86 bits per heavy atom. The van der Waals surface area contributed by atoms with Gasteiger partial charge in [0.05, 0.1) is 10.7 Å². The fraction of sp³-hybridized carbons (Fsp3) is 0.0588. The maximum Gasteiger partial charge on any atom is 0.447 e. The number of aromatic nitrogens is 1. The Bertz CT molecular complexity index is 692. The number of rotatable bonds is 3. The van der Waals surface area contributed by atoms with Gasteiger partial charge in [-0.15, -0.1) is 0 Å². The van der Waals surface area contributed by atoms with Gasteiger partial charge in [0.25, 0.3) is 0 Å². The molecule has 22 heavy (non-hydrogen) atoms. The van der Waals surface area contributed by atoms with Crippen molar-refractivity contribution in [1.82, 2.24) is 4.98 Å². The van der Waals surface area contributed by atoms with Crippen LogP contribution < -0.4 is 0 Å². The molecule has 2 aromatic carbocycles. The van der Waals surface area contributed by atoms with Gasteiger partial charge in [-0.1, -0.05) is 60.7 Å². The summed E-state index contributed by atoms with van der Waals surface area (Å²) in [5, 5.41) is 0.0882. The first-order valence-electron chi connectivity index (χ1n) is 6.62. The SMILES string of the molecule is FC(F)(F)Sc1cc(-c2ccccc2)c(-c2ccccc2)[nH]1. The number of hydrogen-bond donors (Lipinski definition) is 1. The summed E-state index contributed by atoms with van der Waals surface area (Å²) in [6.45, 7) is 0. The molecule has 0 bridgehead atoms. The highest BCUT2D eigenvalue weighted by Crippen LogP contribution is 2.41. The molecule has 0 atom stereocenters. The first-order valence-corrected chi connectivity index (χ1v) is 7.44. The van der Waals surface area contributed by atoms with Crippen LogP contribution in [0, 0.1) is 0 Å². The van der Waals surface area contributed by atoms with Crippen LogP contribution in [0.4, 0.5) is 13.2 Å². The van der Waals surface area contributed by atoms with Crippen molar-refractivity contribution in [1.29, 1.82) is 0 Å². The van der Waals surface area contributed by atoms with Crippen molar-refractivity contribution in [3.05, 3.63) is 66.7 Å². The van der Waals surface area contributed by atoms with Crippen molar-refractivity contribution in [2.24, 2.45) is 0 Å². The summed E-state index contributed by atoms with van der Waals surface area (Å²) < 4.78 is 37.9. The summed E-state index contributed by atoms with van der Waals surface area (Å²) in [4.78, 5) is 2.90. The van der Waals surface area contributed by atoms with Crippen LogP contribution in [0.1, 0.15) is 0 Å². The molecule has 0 unspecified atom stereocenters. The lowest BCUT2D eigenvalue weighted by molar-refractivity contribution is -0.0329. The molecule has 0 radical (unpaired) electrons. The van der Waals surface area contributed by atoms with E-state index in [1.807, 2.05) is 60.7 Å². The minimum Gasteiger partial charge on any atom is -0.349 e. The van der Waals surface area contributed by atoms with E-state index in [-0.39, 0.29) is 16.8 Å². The minimum atomic E-state index is -4.31. The first-order chi connectivity index (χ1) is 10.5. The summed E-state index contributed by atoms with van der Waals surface area (Å²) in [7, 11) is 0. The zero-order chi connectivity index (χ0) is 15.6. The van der Waals surface area contributed by atoms with Crippen LogP contribution >= 0.6 is 11.8 Å². The van der Waals surface area contributed by atoms with Crippen LogP contribution in [-0.2, 0) is 0 Å². The molecule has 0 aliphatic carbocycles. The summed E-state index contributed by atoms with van der Waals surface area (Å²) in [6.07, 6.45) is 0. The Kier molecular flexibility index (Phi) is 3.98. The predicted molar refractivity (Wildman–Crippen MR) is 83.6 cm³/mol. The van der Waals surface area contributed by atoms with Crippen molar-refractivity contribution in [2.45, 2.75) is 10.5 Å². The molecule has 1 N–H and O–H groups in total. The second-order valence-corrected chi connectivity index (χ2v) is 5.81. The van der Waals surface area contributed by atoms with Gasteiger partial charge in [-0.3, -0.25) is 0 Å². The van der Waals surface area contributed by atoms with Gasteiger partial charge in [0.15, 0.2) is 0 Å². The number of thioether (sulfide) groups is 1. The van der Waals surface area contributed by atoms with E-state index in [0.717, 1.165) is 16.7 Å². The molecular formula is C17H12F3NS. The Morgan fingerprint density at radius 1 is 0.773 bits per heavy atom. The van der Waals surface area contributed by atoms with Crippen LogP contribution in [-0.4, -0.2) is 10.5 Å². The lowest BCUT2D eigenvalue weighted by Crippen LogP contribution is -1.98. The molecule has 0 spiro atoms. The highest BCUT2D eigenvalue weighted by atomic mass is 32.2. The third-order valence-electron chi connectivity index (χ3n) is 3.17. The van der Waals surface area contributed by atoms with Crippen LogP contribution in [0.25, 0.3) is 22.4 Å². The number of nitrogens with one attached hydrogen (secondary N) is 1. The van der Waals surface area contributed by atoms with Crippen molar-refractivity contribution in [3.8, 4) is 22.4 Å². The molecular weight excluding hydrogens is 307 g/mol. The maximum absolute atomic E-state index is 12.6. The van der Waals surface area contributed by atoms with Crippen LogP contribution in [0.5, 0.6) is 0 Å². The third-order valence-corrected chi connectivity index (χ3v) is 3.84. The molecule has 0 aliphatic rings. The van der Waals surface area contributed by atoms with Gasteiger partial charge in [0.2, 0.25) is 0 Å². The molecule has 0 amide bonds. The molecule has 1 heterocycles. The number of halogens is 3. The molecule has 1 aromatic heterocycles. The van der Waals surface area contributed by atoms with Gasteiger partial charge < -0.3 is 4.98 Å². The van der Waals surface area contributed by atoms with Crippen LogP contribution in [0.3, 0.4) is 0 Å². The summed E-state index contributed by atoms with van der Waals surface area (Å²) in [6, 6.07) is 20.3. The number of H-pyrrole nitrogens is 1. The quantitative estimate of drug-likeness (QED) is 0.589. The average Bonchev–Trinajstić information content (AvgIpc) is 2.91. The van der Waals surface area contributed by atoms with Crippen molar-refractivity contribution in [2.75, 3.05) is 0 Å². The van der Waals surface area contributed by atoms with Gasteiger partial charge in [-0.05, 0) is 17.2 Å². The Morgan fingerprint density at radius 2 is 1.32 bits per heavy atom. The summed E-state index contributed by atoms with van der Waals surface area (Å²) in [5.74, 6) is 0. The number of hydrogen-bond acceptors (Lipinski definition) is 1. The Labute approximate surface area is 130 Å². The smallest absolute Gasteiger partial charge is 0.349 e. The molecule has 0 fully saturated rings. The van der Waals surface area contributed by atoms with E-state index in [1.54, 1.807) is 6.07 Å². The van der Waals surface area contributed by atoms with E-state index in [4.69, 9.17) is 0 Å². The van der Waals surface area contributed by atoms with E-state index in [1.165, 1.54) is 0 Å². The zero-order valence-corrected chi connectivity index (χ0v) is 12.2. The van der Waals surface area contributed by atoms with Crippen molar-refractivity contribution < 1.29 is 13.2 Å². The molecule has 0 aliphatic heterocycles. The zero-order valence-electron chi connectivity index (χ0n) is 11.4. The van der Waals surface area contributed by atoms with Gasteiger partial charge in [-0.2, -0.15) is 13.2 Å². The van der Waals surface area contributed by atoms with Crippen LogP contribution in [0.2, 0.25) is 0 Å². The van der Waals surface area contributed by atoms with Gasteiger partial charge in [0.1, 0.15) is 0 Å². The lowest BCUT2D eigenvalue weighted by Gasteiger charge is -2.04. The second kappa shape index (κ2) is 5.93. The minimum absolute atomic E-state index is 0.0882. The topological polar surface area (TPSA) is 15.8 Å². The van der Waals surface area contributed by atoms with Crippen molar-refractivity contribution >= 4 is 11.8 Å². The molecule has 0 saturated heterocycles. The first kappa shape index (κ1) is 14.8. The van der Waals surface area contributed by atoms with E-state index in [2.05, 4.69) is 4.98 Å². The van der Waals surface area contributed by atoms with E-state index < -0.39 is 5.51 Å². The highest BCUT2D eigenvalue weighted by molar-refractivity contribution is 8.00. The normalized spacial score (nSPS) is 11.6. The number of alkyl halides is 3. The Hall–Kier alpha value is -2.14. The highest BCUT2D eigenvalue weighted by Gasteiger charge is 2.30. The van der Waals surface area contributed by atoms with Gasteiger partial charge in [0, 0.05) is 17.3 Å². The standard InChI is InChI=1S/C17H12F3NS/c18-17(19,20)22-15-11-14(12-7-3-1-4-8-12)16(21-15)13-9-5-2-6-10-13/h1-11,21H. The molecule has 0 saturated carbocycles. The predicted octanol–water partition coefficient (Wildman–Crippen LogP) is 5.96. The fourth-order valence-electron chi connectivity index (χ4n) is 2.29. The summed E-state index contributed by atoms with van der Waals surface area (Å²) >= 11 is -0.130. The monoisotopic (exact) mass is 319 g/mol.